The number of ketones is 1. The number of nitrogens with zero attached hydrogens (tertiary/aromatic N) is 1. The molecule has 2 rings (SSSR count). The van der Waals surface area contributed by atoms with Gasteiger partial charge in [-0.3, -0.25) is 4.79 Å². The number of nitrogens with one attached hydrogen (secondary N) is 1. The fourth-order valence-electron chi connectivity index (χ4n) is 2.33. The molecule has 1 fully saturated rings. The van der Waals surface area contributed by atoms with E-state index in [4.69, 9.17) is 5.73 Å². The predicted molar refractivity (Wildman–Crippen MR) is 72.7 cm³/mol. The summed E-state index contributed by atoms with van der Waals surface area (Å²) in [6.07, 6.45) is 1.13. The number of aryl methyl sites for hydroxylation is 1. The van der Waals surface area contributed by atoms with E-state index in [-0.39, 0.29) is 5.78 Å². The number of hydrogen-bond donors (Lipinski definition) is 2. The lowest BCUT2D eigenvalue weighted by molar-refractivity contribution is -0.123. The minimum Gasteiger partial charge on any atom is -0.351 e. The van der Waals surface area contributed by atoms with Crippen LogP contribution in [0.5, 0.6) is 0 Å². The van der Waals surface area contributed by atoms with E-state index in [0.29, 0.717) is 32.5 Å². The SMILES string of the molecule is NC(=O)N1CCNCC1C(=O)CCc1ccccc1. The monoisotopic (exact) mass is 261 g/mol. The highest BCUT2D eigenvalue weighted by molar-refractivity contribution is 5.88. The summed E-state index contributed by atoms with van der Waals surface area (Å²) in [4.78, 5) is 25.0. The molecule has 0 aromatic heterocycles. The molecule has 0 bridgehead atoms. The van der Waals surface area contributed by atoms with Crippen LogP contribution in [0.3, 0.4) is 0 Å². The van der Waals surface area contributed by atoms with Gasteiger partial charge in [0, 0.05) is 26.1 Å². The maximum Gasteiger partial charge on any atom is 0.315 e. The molecule has 1 aromatic carbocycles. The molecule has 1 aliphatic heterocycles. The molecule has 0 saturated carbocycles. The van der Waals surface area contributed by atoms with E-state index in [9.17, 15) is 9.59 Å². The quantitative estimate of drug-likeness (QED) is 0.830. The van der Waals surface area contributed by atoms with Gasteiger partial charge >= 0.3 is 6.03 Å². The van der Waals surface area contributed by atoms with Crippen LogP contribution in [0.15, 0.2) is 30.3 Å². The zero-order valence-corrected chi connectivity index (χ0v) is 10.8. The Bertz CT molecular complexity index is 447. The Balaban J connectivity index is 1.93. The Morgan fingerprint density at radius 2 is 2.05 bits per heavy atom. The van der Waals surface area contributed by atoms with E-state index < -0.39 is 12.1 Å². The van der Waals surface area contributed by atoms with E-state index in [1.165, 1.54) is 4.90 Å². The van der Waals surface area contributed by atoms with Crippen molar-refractivity contribution >= 4 is 11.8 Å². The first kappa shape index (κ1) is 13.5. The van der Waals surface area contributed by atoms with Crippen molar-refractivity contribution in [2.75, 3.05) is 19.6 Å². The number of Topliss-reactive ketones (excluding diaryl/α,β-unsaturated/α-hetero) is 1. The molecule has 3 N–H and O–H groups in total. The summed E-state index contributed by atoms with van der Waals surface area (Å²) in [6, 6.07) is 8.92. The zero-order valence-electron chi connectivity index (χ0n) is 10.8. The van der Waals surface area contributed by atoms with Crippen molar-refractivity contribution < 1.29 is 9.59 Å². The Kier molecular flexibility index (Phi) is 4.52. The van der Waals surface area contributed by atoms with Crippen LogP contribution in [0.1, 0.15) is 12.0 Å². The van der Waals surface area contributed by atoms with Crippen LogP contribution in [-0.4, -0.2) is 42.4 Å². The van der Waals surface area contributed by atoms with Crippen LogP contribution >= 0.6 is 0 Å². The van der Waals surface area contributed by atoms with Gasteiger partial charge in [0.15, 0.2) is 5.78 Å². The average Bonchev–Trinajstić information content (AvgIpc) is 2.46. The smallest absolute Gasteiger partial charge is 0.315 e. The number of rotatable bonds is 4. The van der Waals surface area contributed by atoms with Crippen molar-refractivity contribution in [3.8, 4) is 0 Å². The first-order chi connectivity index (χ1) is 9.18. The van der Waals surface area contributed by atoms with E-state index in [1.807, 2.05) is 30.3 Å². The van der Waals surface area contributed by atoms with Crippen molar-refractivity contribution in [1.29, 1.82) is 0 Å². The van der Waals surface area contributed by atoms with Crippen LogP contribution in [-0.2, 0) is 11.2 Å². The third-order valence-corrected chi connectivity index (χ3v) is 3.40. The summed E-state index contributed by atoms with van der Waals surface area (Å²) in [7, 11) is 0. The number of carbonyl (C=O) groups excluding carboxylic acids is 2. The minimum atomic E-state index is -0.514. The highest BCUT2D eigenvalue weighted by Crippen LogP contribution is 2.09. The first-order valence-electron chi connectivity index (χ1n) is 6.52. The molecule has 1 aliphatic rings. The fraction of sp³-hybridized carbons (Fsp3) is 0.429. The van der Waals surface area contributed by atoms with Crippen molar-refractivity contribution in [3.63, 3.8) is 0 Å². The molecule has 5 nitrogen and oxygen atoms in total. The Labute approximate surface area is 112 Å². The third-order valence-electron chi connectivity index (χ3n) is 3.40. The number of primary amides is 1. The van der Waals surface area contributed by atoms with Gasteiger partial charge in [-0.05, 0) is 12.0 Å². The normalized spacial score (nSPS) is 19.2. The molecule has 0 spiro atoms. The average molecular weight is 261 g/mol. The van der Waals surface area contributed by atoms with Crippen LogP contribution in [0.25, 0.3) is 0 Å². The van der Waals surface area contributed by atoms with Crippen LogP contribution in [0, 0.1) is 0 Å². The number of amides is 2. The Morgan fingerprint density at radius 1 is 1.32 bits per heavy atom. The van der Waals surface area contributed by atoms with E-state index in [0.717, 1.165) is 5.56 Å². The van der Waals surface area contributed by atoms with Gasteiger partial charge in [-0.2, -0.15) is 0 Å². The number of carbonyl (C=O) groups is 2. The summed E-state index contributed by atoms with van der Waals surface area (Å²) in [5.74, 6) is 0.0647. The maximum absolute atomic E-state index is 12.2. The Hall–Kier alpha value is -1.88. The molecular formula is C14H19N3O2. The van der Waals surface area contributed by atoms with E-state index in [2.05, 4.69) is 5.32 Å². The van der Waals surface area contributed by atoms with E-state index in [1.54, 1.807) is 0 Å². The lowest BCUT2D eigenvalue weighted by atomic mass is 10.0. The van der Waals surface area contributed by atoms with Crippen LogP contribution < -0.4 is 11.1 Å². The number of piperazine rings is 1. The topological polar surface area (TPSA) is 75.4 Å². The molecule has 102 valence electrons. The van der Waals surface area contributed by atoms with Gasteiger partial charge in [-0.1, -0.05) is 30.3 Å². The summed E-state index contributed by atoms with van der Waals surface area (Å²) in [5.41, 5.74) is 6.44. The summed E-state index contributed by atoms with van der Waals surface area (Å²) in [6.45, 7) is 1.68. The molecule has 1 unspecified atom stereocenters. The first-order valence-corrected chi connectivity index (χ1v) is 6.52. The lowest BCUT2D eigenvalue weighted by Gasteiger charge is -2.33. The van der Waals surface area contributed by atoms with Gasteiger partial charge in [0.1, 0.15) is 6.04 Å². The zero-order chi connectivity index (χ0) is 13.7. The molecule has 1 aromatic rings. The van der Waals surface area contributed by atoms with Gasteiger partial charge in [-0.25, -0.2) is 4.79 Å². The minimum absolute atomic E-state index is 0.0647. The lowest BCUT2D eigenvalue weighted by Crippen LogP contribution is -2.58. The van der Waals surface area contributed by atoms with E-state index >= 15 is 0 Å². The molecule has 0 aliphatic carbocycles. The van der Waals surface area contributed by atoms with Crippen molar-refractivity contribution in [2.24, 2.45) is 5.73 Å². The Morgan fingerprint density at radius 3 is 2.74 bits per heavy atom. The van der Waals surface area contributed by atoms with Crippen LogP contribution in [0.2, 0.25) is 0 Å². The summed E-state index contributed by atoms with van der Waals surface area (Å²) in [5, 5.41) is 3.13. The summed E-state index contributed by atoms with van der Waals surface area (Å²) < 4.78 is 0. The number of urea groups is 1. The third kappa shape index (κ3) is 3.54. The van der Waals surface area contributed by atoms with Crippen molar-refractivity contribution in [3.05, 3.63) is 35.9 Å². The molecular weight excluding hydrogens is 242 g/mol. The fourth-order valence-corrected chi connectivity index (χ4v) is 2.33. The molecule has 5 heteroatoms. The second-order valence-corrected chi connectivity index (χ2v) is 4.70. The number of nitrogens with two attached hydrogens (primary N) is 1. The molecule has 1 atom stereocenters. The molecule has 19 heavy (non-hydrogen) atoms. The van der Waals surface area contributed by atoms with Crippen molar-refractivity contribution in [2.45, 2.75) is 18.9 Å². The van der Waals surface area contributed by atoms with Gasteiger partial charge in [0.05, 0.1) is 0 Å². The second kappa shape index (κ2) is 6.33. The largest absolute Gasteiger partial charge is 0.351 e. The van der Waals surface area contributed by atoms with Gasteiger partial charge in [0.25, 0.3) is 0 Å². The highest BCUT2D eigenvalue weighted by Gasteiger charge is 2.30. The standard InChI is InChI=1S/C14H19N3O2/c15-14(19)17-9-8-16-10-12(17)13(18)7-6-11-4-2-1-3-5-11/h1-5,12,16H,6-10H2,(H2,15,19). The van der Waals surface area contributed by atoms with Crippen LogP contribution in [0.4, 0.5) is 4.79 Å². The molecule has 0 radical (unpaired) electrons. The summed E-state index contributed by atoms with van der Waals surface area (Å²) >= 11 is 0. The van der Waals surface area contributed by atoms with Crippen molar-refractivity contribution in [1.82, 2.24) is 10.2 Å². The predicted octanol–water partition coefficient (Wildman–Crippen LogP) is 0.541. The van der Waals surface area contributed by atoms with Gasteiger partial charge in [0.2, 0.25) is 0 Å². The highest BCUT2D eigenvalue weighted by atomic mass is 16.2. The second-order valence-electron chi connectivity index (χ2n) is 4.70. The number of benzene rings is 1. The number of hydrogen-bond acceptors (Lipinski definition) is 3. The van der Waals surface area contributed by atoms with Gasteiger partial charge < -0.3 is 16.0 Å². The molecule has 2 amide bonds. The van der Waals surface area contributed by atoms with Gasteiger partial charge in [-0.15, -0.1) is 0 Å². The molecule has 1 saturated heterocycles. The molecule has 1 heterocycles. The maximum atomic E-state index is 12.2.